The summed E-state index contributed by atoms with van der Waals surface area (Å²) in [5.41, 5.74) is 2.06. The van der Waals surface area contributed by atoms with Gasteiger partial charge in [-0.25, -0.2) is 9.37 Å². The summed E-state index contributed by atoms with van der Waals surface area (Å²) in [5, 5.41) is 8.91. The Hall–Kier alpha value is -2.93. The maximum absolute atomic E-state index is 13.5. The molecule has 0 unspecified atom stereocenters. The van der Waals surface area contributed by atoms with Crippen LogP contribution in [0.5, 0.6) is 0 Å². The van der Waals surface area contributed by atoms with E-state index in [1.54, 1.807) is 12.3 Å². The molecule has 1 aromatic heterocycles. The first-order chi connectivity index (χ1) is 10.3. The van der Waals surface area contributed by atoms with Gasteiger partial charge in [-0.1, -0.05) is 30.3 Å². The highest BCUT2D eigenvalue weighted by atomic mass is 19.1. The molecule has 0 saturated heterocycles. The third kappa shape index (κ3) is 2.82. The van der Waals surface area contributed by atoms with Crippen molar-refractivity contribution in [1.29, 1.82) is 5.26 Å². The summed E-state index contributed by atoms with van der Waals surface area (Å²) in [6, 6.07) is 16.1. The second-order valence-corrected chi connectivity index (χ2v) is 4.70. The number of halogens is 1. The van der Waals surface area contributed by atoms with E-state index in [9.17, 15) is 4.39 Å². The third-order valence-corrected chi connectivity index (χ3v) is 3.19. The van der Waals surface area contributed by atoms with Gasteiger partial charge in [0.25, 0.3) is 0 Å². The zero-order valence-corrected chi connectivity index (χ0v) is 11.2. The van der Waals surface area contributed by atoms with Gasteiger partial charge in [0.2, 0.25) is 0 Å². The van der Waals surface area contributed by atoms with Crippen LogP contribution in [0, 0.1) is 17.1 Å². The lowest BCUT2D eigenvalue weighted by Gasteiger charge is -2.08. The van der Waals surface area contributed by atoms with E-state index >= 15 is 0 Å². The molecule has 0 N–H and O–H groups in total. The Kier molecular flexibility index (Phi) is 3.48. The van der Waals surface area contributed by atoms with Crippen LogP contribution in [0.3, 0.4) is 0 Å². The van der Waals surface area contributed by atoms with Crippen LogP contribution in [-0.4, -0.2) is 9.55 Å². The fraction of sp³-hybridized carbons (Fsp3) is 0.0588. The number of benzene rings is 2. The minimum absolute atomic E-state index is 0.325. The van der Waals surface area contributed by atoms with Gasteiger partial charge in [0.1, 0.15) is 11.6 Å². The van der Waals surface area contributed by atoms with Gasteiger partial charge in [-0.15, -0.1) is 0 Å². The molecule has 0 atom stereocenters. The van der Waals surface area contributed by atoms with Crippen molar-refractivity contribution in [2.24, 2.45) is 0 Å². The van der Waals surface area contributed by atoms with Gasteiger partial charge >= 0.3 is 0 Å². The Labute approximate surface area is 121 Å². The molecule has 1 heterocycles. The fourth-order valence-corrected chi connectivity index (χ4v) is 2.29. The maximum atomic E-state index is 13.5. The third-order valence-electron chi connectivity index (χ3n) is 3.19. The summed E-state index contributed by atoms with van der Waals surface area (Å²) in [6.07, 6.45) is 3.56. The predicted molar refractivity (Wildman–Crippen MR) is 77.9 cm³/mol. The van der Waals surface area contributed by atoms with Crippen molar-refractivity contribution in [2.75, 3.05) is 0 Å². The molecule has 102 valence electrons. The Morgan fingerprint density at radius 2 is 1.95 bits per heavy atom. The van der Waals surface area contributed by atoms with Gasteiger partial charge < -0.3 is 4.57 Å². The normalized spacial score (nSPS) is 10.3. The number of hydrogen-bond donors (Lipinski definition) is 0. The predicted octanol–water partition coefficient (Wildman–Crippen LogP) is 3.61. The molecule has 0 amide bonds. The lowest BCUT2D eigenvalue weighted by molar-refractivity contribution is 0.623. The molecule has 0 aliphatic carbocycles. The summed E-state index contributed by atoms with van der Waals surface area (Å²) in [4.78, 5) is 4.35. The fourth-order valence-electron chi connectivity index (χ4n) is 2.29. The smallest absolute Gasteiger partial charge is 0.140 e. The van der Waals surface area contributed by atoms with Crippen molar-refractivity contribution in [1.82, 2.24) is 9.55 Å². The summed E-state index contributed by atoms with van der Waals surface area (Å²) in [5.74, 6) is 0.420. The van der Waals surface area contributed by atoms with Gasteiger partial charge in [0.05, 0.1) is 11.6 Å². The average molecular weight is 277 g/mol. The van der Waals surface area contributed by atoms with Gasteiger partial charge in [0.15, 0.2) is 0 Å². The van der Waals surface area contributed by atoms with Gasteiger partial charge in [0, 0.05) is 24.5 Å². The van der Waals surface area contributed by atoms with Crippen molar-refractivity contribution < 1.29 is 4.39 Å². The number of nitriles is 1. The Morgan fingerprint density at radius 3 is 2.71 bits per heavy atom. The molecule has 0 fully saturated rings. The largest absolute Gasteiger partial charge is 0.327 e. The molecule has 21 heavy (non-hydrogen) atoms. The molecule has 3 rings (SSSR count). The summed E-state index contributed by atoms with van der Waals surface area (Å²) >= 11 is 0. The molecule has 3 aromatic rings. The molecule has 0 aliphatic heterocycles. The molecule has 0 bridgehead atoms. The lowest BCUT2D eigenvalue weighted by atomic mass is 10.1. The molecule has 0 spiro atoms. The second kappa shape index (κ2) is 5.59. The Bertz CT molecular complexity index is 800. The van der Waals surface area contributed by atoms with E-state index in [0.717, 1.165) is 17.0 Å². The van der Waals surface area contributed by atoms with Crippen LogP contribution in [0.25, 0.3) is 11.4 Å². The van der Waals surface area contributed by atoms with Gasteiger partial charge in [-0.3, -0.25) is 0 Å². The molecular formula is C17H12FN3. The van der Waals surface area contributed by atoms with Gasteiger partial charge in [-0.2, -0.15) is 5.26 Å². The minimum Gasteiger partial charge on any atom is -0.327 e. The highest BCUT2D eigenvalue weighted by molar-refractivity contribution is 5.55. The van der Waals surface area contributed by atoms with E-state index in [0.29, 0.717) is 12.1 Å². The van der Waals surface area contributed by atoms with Crippen LogP contribution >= 0.6 is 0 Å². The van der Waals surface area contributed by atoms with Crippen molar-refractivity contribution in [2.45, 2.75) is 6.54 Å². The van der Waals surface area contributed by atoms with Crippen molar-refractivity contribution in [3.05, 3.63) is 77.9 Å². The minimum atomic E-state index is -0.398. The first-order valence-corrected chi connectivity index (χ1v) is 6.52. The molecule has 4 heteroatoms. The monoisotopic (exact) mass is 277 g/mol. The van der Waals surface area contributed by atoms with E-state index < -0.39 is 5.82 Å². The molecular weight excluding hydrogens is 265 g/mol. The van der Waals surface area contributed by atoms with E-state index in [1.165, 1.54) is 12.1 Å². The zero-order valence-electron chi connectivity index (χ0n) is 11.2. The lowest BCUT2D eigenvalue weighted by Crippen LogP contribution is -2.02. The number of aromatic nitrogens is 2. The average Bonchev–Trinajstić information content (AvgIpc) is 2.95. The first-order valence-electron chi connectivity index (χ1n) is 6.52. The number of hydrogen-bond acceptors (Lipinski definition) is 2. The quantitative estimate of drug-likeness (QED) is 0.734. The van der Waals surface area contributed by atoms with Crippen LogP contribution in [0.2, 0.25) is 0 Å². The van der Waals surface area contributed by atoms with Crippen LogP contribution in [-0.2, 0) is 6.54 Å². The van der Waals surface area contributed by atoms with E-state index in [2.05, 4.69) is 4.98 Å². The standard InChI is InChI=1S/C17H12FN3/c18-16-9-13(11-19)8-14(10-16)12-21-7-6-20-17(21)15-4-2-1-3-5-15/h1-10H,12H2. The Morgan fingerprint density at radius 1 is 1.14 bits per heavy atom. The van der Waals surface area contributed by atoms with E-state index in [4.69, 9.17) is 5.26 Å². The zero-order chi connectivity index (χ0) is 14.7. The first kappa shape index (κ1) is 13.1. The number of imidazole rings is 1. The maximum Gasteiger partial charge on any atom is 0.140 e. The molecule has 3 nitrogen and oxygen atoms in total. The van der Waals surface area contributed by atoms with E-state index in [1.807, 2.05) is 47.2 Å². The number of rotatable bonds is 3. The highest BCUT2D eigenvalue weighted by Gasteiger charge is 2.07. The van der Waals surface area contributed by atoms with Crippen LogP contribution in [0.4, 0.5) is 4.39 Å². The highest BCUT2D eigenvalue weighted by Crippen LogP contribution is 2.19. The van der Waals surface area contributed by atoms with Crippen LogP contribution in [0.1, 0.15) is 11.1 Å². The summed E-state index contributed by atoms with van der Waals surface area (Å²) < 4.78 is 15.4. The van der Waals surface area contributed by atoms with Crippen molar-refractivity contribution in [3.63, 3.8) is 0 Å². The second-order valence-electron chi connectivity index (χ2n) is 4.70. The molecule has 0 radical (unpaired) electrons. The Balaban J connectivity index is 1.95. The number of nitrogens with zero attached hydrogens (tertiary/aromatic N) is 3. The summed E-state index contributed by atoms with van der Waals surface area (Å²) in [7, 11) is 0. The molecule has 2 aromatic carbocycles. The van der Waals surface area contributed by atoms with E-state index in [-0.39, 0.29) is 0 Å². The van der Waals surface area contributed by atoms with Gasteiger partial charge in [-0.05, 0) is 23.8 Å². The van der Waals surface area contributed by atoms with Crippen molar-refractivity contribution in [3.8, 4) is 17.5 Å². The molecule has 0 saturated carbocycles. The van der Waals surface area contributed by atoms with Crippen molar-refractivity contribution >= 4 is 0 Å². The SMILES string of the molecule is N#Cc1cc(F)cc(Cn2ccnc2-c2ccccc2)c1. The summed E-state index contributed by atoms with van der Waals surface area (Å²) in [6.45, 7) is 0.469. The van der Waals surface area contributed by atoms with Crippen LogP contribution in [0.15, 0.2) is 60.9 Å². The van der Waals surface area contributed by atoms with Crippen LogP contribution < -0.4 is 0 Å². The topological polar surface area (TPSA) is 41.6 Å². The molecule has 0 aliphatic rings.